The van der Waals surface area contributed by atoms with Crippen molar-refractivity contribution < 1.29 is 0 Å². The van der Waals surface area contributed by atoms with Crippen molar-refractivity contribution in [1.82, 2.24) is 4.90 Å². The Morgan fingerprint density at radius 1 is 1.06 bits per heavy atom. The minimum absolute atomic E-state index is 0.0912. The van der Waals surface area contributed by atoms with Crippen molar-refractivity contribution in [2.24, 2.45) is 5.73 Å². The van der Waals surface area contributed by atoms with E-state index in [0.717, 1.165) is 32.7 Å². The van der Waals surface area contributed by atoms with Crippen LogP contribution in [0.4, 0.5) is 5.69 Å². The first kappa shape index (κ1) is 13.4. The summed E-state index contributed by atoms with van der Waals surface area (Å²) in [6.45, 7) is 11.7. The summed E-state index contributed by atoms with van der Waals surface area (Å²) in [7, 11) is 0. The van der Waals surface area contributed by atoms with E-state index in [9.17, 15) is 0 Å². The molecule has 2 rings (SSSR count). The van der Waals surface area contributed by atoms with Gasteiger partial charge in [-0.15, -0.1) is 0 Å². The molecule has 0 unspecified atom stereocenters. The van der Waals surface area contributed by atoms with Gasteiger partial charge in [-0.1, -0.05) is 17.7 Å². The summed E-state index contributed by atoms with van der Waals surface area (Å²) in [6.07, 6.45) is 0. The predicted octanol–water partition coefficient (Wildman–Crippen LogP) is 1.85. The summed E-state index contributed by atoms with van der Waals surface area (Å²) in [5.74, 6) is 0. The average molecular weight is 247 g/mol. The Kier molecular flexibility index (Phi) is 3.93. The quantitative estimate of drug-likeness (QED) is 0.885. The van der Waals surface area contributed by atoms with E-state index in [0.29, 0.717) is 0 Å². The number of rotatable bonds is 3. The molecule has 1 aliphatic rings. The molecule has 3 heteroatoms. The average Bonchev–Trinajstić information content (AvgIpc) is 2.29. The van der Waals surface area contributed by atoms with Gasteiger partial charge >= 0.3 is 0 Å². The van der Waals surface area contributed by atoms with Gasteiger partial charge in [-0.3, -0.25) is 4.90 Å². The zero-order valence-corrected chi connectivity index (χ0v) is 11.8. The van der Waals surface area contributed by atoms with Crippen LogP contribution in [0, 0.1) is 6.92 Å². The molecule has 1 saturated heterocycles. The summed E-state index contributed by atoms with van der Waals surface area (Å²) < 4.78 is 0. The molecule has 0 amide bonds. The lowest BCUT2D eigenvalue weighted by Gasteiger charge is -2.38. The van der Waals surface area contributed by atoms with Crippen LogP contribution in [0.5, 0.6) is 0 Å². The molecule has 1 aromatic rings. The van der Waals surface area contributed by atoms with Gasteiger partial charge in [0.2, 0.25) is 0 Å². The van der Waals surface area contributed by atoms with Crippen LogP contribution in [0.1, 0.15) is 19.4 Å². The summed E-state index contributed by atoms with van der Waals surface area (Å²) >= 11 is 0. The van der Waals surface area contributed by atoms with E-state index in [1.165, 1.54) is 11.3 Å². The largest absolute Gasteiger partial charge is 0.369 e. The molecular weight excluding hydrogens is 222 g/mol. The van der Waals surface area contributed by atoms with Gasteiger partial charge in [0.15, 0.2) is 0 Å². The Balaban J connectivity index is 1.88. The van der Waals surface area contributed by atoms with E-state index in [4.69, 9.17) is 5.73 Å². The first-order valence-corrected chi connectivity index (χ1v) is 6.77. The van der Waals surface area contributed by atoms with E-state index >= 15 is 0 Å². The third-order valence-electron chi connectivity index (χ3n) is 3.40. The van der Waals surface area contributed by atoms with Crippen LogP contribution >= 0.6 is 0 Å². The van der Waals surface area contributed by atoms with E-state index in [1.807, 2.05) is 0 Å². The van der Waals surface area contributed by atoms with Crippen molar-refractivity contribution in [1.29, 1.82) is 0 Å². The van der Waals surface area contributed by atoms with Crippen LogP contribution in [0.25, 0.3) is 0 Å². The highest BCUT2D eigenvalue weighted by atomic mass is 15.3. The van der Waals surface area contributed by atoms with E-state index in [2.05, 4.69) is 54.8 Å². The maximum absolute atomic E-state index is 6.07. The second kappa shape index (κ2) is 5.29. The molecule has 1 aromatic carbocycles. The van der Waals surface area contributed by atoms with Gasteiger partial charge in [0.25, 0.3) is 0 Å². The predicted molar refractivity (Wildman–Crippen MR) is 78.1 cm³/mol. The molecule has 2 N–H and O–H groups in total. The zero-order chi connectivity index (χ0) is 13.2. The van der Waals surface area contributed by atoms with Crippen molar-refractivity contribution in [3.63, 3.8) is 0 Å². The topological polar surface area (TPSA) is 32.5 Å². The summed E-state index contributed by atoms with van der Waals surface area (Å²) in [6, 6.07) is 8.81. The van der Waals surface area contributed by atoms with E-state index in [1.54, 1.807) is 0 Å². The Labute approximate surface area is 111 Å². The highest BCUT2D eigenvalue weighted by Gasteiger charge is 2.21. The van der Waals surface area contributed by atoms with Crippen LogP contribution < -0.4 is 10.6 Å². The van der Waals surface area contributed by atoms with Gasteiger partial charge in [-0.25, -0.2) is 0 Å². The SMILES string of the molecule is Cc1ccc(N2CCN(CC(C)(C)N)CC2)cc1. The van der Waals surface area contributed by atoms with Gasteiger partial charge in [0.1, 0.15) is 0 Å². The molecule has 0 atom stereocenters. The Bertz CT molecular complexity index is 370. The lowest BCUT2D eigenvalue weighted by Crippen LogP contribution is -2.53. The van der Waals surface area contributed by atoms with Gasteiger partial charge in [-0.2, -0.15) is 0 Å². The minimum Gasteiger partial charge on any atom is -0.369 e. The fourth-order valence-electron chi connectivity index (χ4n) is 2.50. The molecule has 1 heterocycles. The first-order valence-electron chi connectivity index (χ1n) is 6.77. The van der Waals surface area contributed by atoms with Crippen LogP contribution in [0.15, 0.2) is 24.3 Å². The normalized spacial score (nSPS) is 18.1. The number of hydrogen-bond acceptors (Lipinski definition) is 3. The molecule has 3 nitrogen and oxygen atoms in total. The summed E-state index contributed by atoms with van der Waals surface area (Å²) in [5.41, 5.74) is 8.64. The van der Waals surface area contributed by atoms with Crippen molar-refractivity contribution >= 4 is 5.69 Å². The van der Waals surface area contributed by atoms with Crippen LogP contribution in [-0.4, -0.2) is 43.2 Å². The molecule has 0 bridgehead atoms. The van der Waals surface area contributed by atoms with Crippen molar-refractivity contribution in [2.45, 2.75) is 26.3 Å². The Hall–Kier alpha value is -1.06. The second-order valence-corrected chi connectivity index (χ2v) is 6.09. The maximum atomic E-state index is 6.07. The third kappa shape index (κ3) is 3.72. The molecule has 0 aromatic heterocycles. The minimum atomic E-state index is -0.0912. The highest BCUT2D eigenvalue weighted by Crippen LogP contribution is 2.17. The van der Waals surface area contributed by atoms with E-state index < -0.39 is 0 Å². The van der Waals surface area contributed by atoms with Crippen LogP contribution in [-0.2, 0) is 0 Å². The number of piperazine rings is 1. The van der Waals surface area contributed by atoms with Crippen molar-refractivity contribution in [2.75, 3.05) is 37.6 Å². The fourth-order valence-corrected chi connectivity index (χ4v) is 2.50. The molecule has 18 heavy (non-hydrogen) atoms. The lowest BCUT2D eigenvalue weighted by atomic mass is 10.1. The van der Waals surface area contributed by atoms with Gasteiger partial charge in [-0.05, 0) is 32.9 Å². The van der Waals surface area contributed by atoms with Gasteiger partial charge in [0, 0.05) is 44.0 Å². The monoisotopic (exact) mass is 247 g/mol. The summed E-state index contributed by atoms with van der Waals surface area (Å²) in [5, 5.41) is 0. The number of nitrogens with zero attached hydrogens (tertiary/aromatic N) is 2. The summed E-state index contributed by atoms with van der Waals surface area (Å²) in [4.78, 5) is 4.92. The Morgan fingerprint density at radius 2 is 1.61 bits per heavy atom. The van der Waals surface area contributed by atoms with Gasteiger partial charge in [0.05, 0.1) is 0 Å². The molecular formula is C15H25N3. The number of benzene rings is 1. The van der Waals surface area contributed by atoms with Crippen molar-refractivity contribution in [3.8, 4) is 0 Å². The number of nitrogens with two attached hydrogens (primary N) is 1. The molecule has 0 radical (unpaired) electrons. The fraction of sp³-hybridized carbons (Fsp3) is 0.600. The first-order chi connectivity index (χ1) is 8.44. The highest BCUT2D eigenvalue weighted by molar-refractivity contribution is 5.47. The van der Waals surface area contributed by atoms with Crippen LogP contribution in [0.3, 0.4) is 0 Å². The molecule has 1 aliphatic heterocycles. The van der Waals surface area contributed by atoms with Crippen LogP contribution in [0.2, 0.25) is 0 Å². The number of anilines is 1. The molecule has 0 aliphatic carbocycles. The smallest absolute Gasteiger partial charge is 0.0367 e. The van der Waals surface area contributed by atoms with E-state index in [-0.39, 0.29) is 5.54 Å². The lowest BCUT2D eigenvalue weighted by molar-refractivity contribution is 0.214. The third-order valence-corrected chi connectivity index (χ3v) is 3.40. The molecule has 0 spiro atoms. The van der Waals surface area contributed by atoms with Crippen molar-refractivity contribution in [3.05, 3.63) is 29.8 Å². The zero-order valence-electron chi connectivity index (χ0n) is 11.8. The molecule has 1 fully saturated rings. The standard InChI is InChI=1S/C15H25N3/c1-13-4-6-14(7-5-13)18-10-8-17(9-11-18)12-15(2,3)16/h4-7H,8-12,16H2,1-3H3. The van der Waals surface area contributed by atoms with Gasteiger partial charge < -0.3 is 10.6 Å². The Morgan fingerprint density at radius 3 is 2.11 bits per heavy atom. The second-order valence-electron chi connectivity index (χ2n) is 6.09. The maximum Gasteiger partial charge on any atom is 0.0367 e. The molecule has 0 saturated carbocycles. The number of hydrogen-bond donors (Lipinski definition) is 1. The molecule has 100 valence electrons. The number of aryl methyl sites for hydroxylation is 1.